The maximum Gasteiger partial charge on any atom is 0.302 e. The van der Waals surface area contributed by atoms with E-state index in [1.165, 1.54) is 6.92 Å². The van der Waals surface area contributed by atoms with Crippen LogP contribution in [0.1, 0.15) is 26.3 Å². The molecule has 2 saturated heterocycles. The summed E-state index contributed by atoms with van der Waals surface area (Å²) < 4.78 is 28.7. The van der Waals surface area contributed by atoms with Gasteiger partial charge in [0.05, 0.1) is 13.2 Å². The quantitative estimate of drug-likeness (QED) is 0.774. The van der Waals surface area contributed by atoms with Crippen LogP contribution in [0.2, 0.25) is 0 Å². The fraction of sp³-hybridized carbons (Fsp3) is 0.611. The molecule has 1 N–H and O–H groups in total. The topological polar surface area (TPSA) is 83.5 Å². The van der Waals surface area contributed by atoms with E-state index in [9.17, 15) is 9.90 Å². The zero-order valence-corrected chi connectivity index (χ0v) is 14.6. The molecule has 0 saturated carbocycles. The summed E-state index contributed by atoms with van der Waals surface area (Å²) in [5.74, 6) is -1.27. The Morgan fingerprint density at radius 3 is 2.56 bits per heavy atom. The normalized spacial score (nSPS) is 33.2. The van der Waals surface area contributed by atoms with Crippen molar-refractivity contribution in [3.8, 4) is 0 Å². The number of esters is 1. The van der Waals surface area contributed by atoms with Crippen LogP contribution >= 0.6 is 0 Å². The Morgan fingerprint density at radius 1 is 1.20 bits per heavy atom. The van der Waals surface area contributed by atoms with Gasteiger partial charge in [-0.25, -0.2) is 0 Å². The van der Waals surface area contributed by atoms with Gasteiger partial charge in [-0.3, -0.25) is 4.79 Å². The Hall–Kier alpha value is -1.51. The van der Waals surface area contributed by atoms with E-state index in [2.05, 4.69) is 0 Å². The Kier molecular flexibility index (Phi) is 5.13. The summed E-state index contributed by atoms with van der Waals surface area (Å²) in [5.41, 5.74) is -0.254. The van der Waals surface area contributed by atoms with Gasteiger partial charge in [0.2, 0.25) is 0 Å². The Morgan fingerprint density at radius 2 is 1.92 bits per heavy atom. The van der Waals surface area contributed by atoms with Crippen LogP contribution in [-0.2, 0) is 35.1 Å². The van der Waals surface area contributed by atoms with Crippen molar-refractivity contribution in [2.75, 3.05) is 13.2 Å². The van der Waals surface area contributed by atoms with Gasteiger partial charge < -0.3 is 28.8 Å². The molecule has 4 atom stereocenters. The zero-order chi connectivity index (χ0) is 18.1. The average molecular weight is 352 g/mol. The molecule has 0 bridgehead atoms. The van der Waals surface area contributed by atoms with E-state index in [0.717, 1.165) is 5.56 Å². The Labute approximate surface area is 146 Å². The fourth-order valence-corrected chi connectivity index (χ4v) is 3.17. The Bertz CT molecular complexity index is 603. The summed E-state index contributed by atoms with van der Waals surface area (Å²) >= 11 is 0. The molecule has 1 aromatic carbocycles. The third-order valence-corrected chi connectivity index (χ3v) is 4.32. The lowest BCUT2D eigenvalue weighted by molar-refractivity contribution is -0.260. The number of carbonyl (C=O) groups is 1. The van der Waals surface area contributed by atoms with E-state index >= 15 is 0 Å². The van der Waals surface area contributed by atoms with E-state index in [0.29, 0.717) is 6.61 Å². The number of hydrogen-bond donors (Lipinski definition) is 1. The van der Waals surface area contributed by atoms with Gasteiger partial charge in [-0.2, -0.15) is 0 Å². The molecule has 0 aliphatic carbocycles. The largest absolute Gasteiger partial charge is 0.463 e. The first kappa shape index (κ1) is 18.3. The number of ether oxygens (including phenoxy) is 5. The minimum absolute atomic E-state index is 0.140. The standard InChI is InChI=1S/C18H24O7/c1-12(20)22-11-18(10-19)15(21-9-13-7-5-4-6-8-13)14-16(25-18)24-17(2,3)23-14/h4-8,14-16,19H,9-11H2,1-3H3/t14-,15-,16+,18+/m1/s1. The highest BCUT2D eigenvalue weighted by Crippen LogP contribution is 2.44. The van der Waals surface area contributed by atoms with E-state index in [1.807, 2.05) is 30.3 Å². The smallest absolute Gasteiger partial charge is 0.302 e. The lowest BCUT2D eigenvalue weighted by Gasteiger charge is -2.34. The van der Waals surface area contributed by atoms with Gasteiger partial charge in [-0.05, 0) is 19.4 Å². The molecule has 2 fully saturated rings. The Balaban J connectivity index is 1.79. The van der Waals surface area contributed by atoms with Crippen LogP contribution in [0, 0.1) is 0 Å². The van der Waals surface area contributed by atoms with E-state index < -0.39 is 35.9 Å². The average Bonchev–Trinajstić information content (AvgIpc) is 3.01. The number of rotatable bonds is 6. The van der Waals surface area contributed by atoms with Crippen molar-refractivity contribution in [1.29, 1.82) is 0 Å². The van der Waals surface area contributed by atoms with Gasteiger partial charge in [0.15, 0.2) is 17.7 Å². The van der Waals surface area contributed by atoms with E-state index in [1.54, 1.807) is 13.8 Å². The maximum atomic E-state index is 11.2. The fourth-order valence-electron chi connectivity index (χ4n) is 3.17. The molecule has 7 nitrogen and oxygen atoms in total. The SMILES string of the molecule is CC(=O)OC[C@]1(CO)O[C@@H]2OC(C)(C)O[C@@H]2[C@H]1OCc1ccccc1. The highest BCUT2D eigenvalue weighted by molar-refractivity contribution is 5.66. The molecule has 0 radical (unpaired) electrons. The minimum Gasteiger partial charge on any atom is -0.463 e. The molecule has 3 rings (SSSR count). The summed E-state index contributed by atoms with van der Waals surface area (Å²) in [6.45, 7) is 4.66. The first-order valence-electron chi connectivity index (χ1n) is 8.28. The van der Waals surface area contributed by atoms with Crippen LogP contribution in [0.4, 0.5) is 0 Å². The second-order valence-electron chi connectivity index (χ2n) is 6.81. The summed E-state index contributed by atoms with van der Waals surface area (Å²) in [5, 5.41) is 9.97. The van der Waals surface area contributed by atoms with Crippen molar-refractivity contribution in [2.24, 2.45) is 0 Å². The third kappa shape index (κ3) is 3.86. The van der Waals surface area contributed by atoms with Crippen molar-refractivity contribution < 1.29 is 33.6 Å². The van der Waals surface area contributed by atoms with Crippen LogP contribution in [0.15, 0.2) is 30.3 Å². The second-order valence-corrected chi connectivity index (χ2v) is 6.81. The van der Waals surface area contributed by atoms with Crippen molar-refractivity contribution in [2.45, 2.75) is 57.3 Å². The number of hydrogen-bond acceptors (Lipinski definition) is 7. The highest BCUT2D eigenvalue weighted by Gasteiger charge is 2.63. The van der Waals surface area contributed by atoms with Gasteiger partial charge in [0, 0.05) is 6.92 Å². The molecule has 138 valence electrons. The monoisotopic (exact) mass is 352 g/mol. The number of aliphatic hydroxyl groups excluding tert-OH is 1. The molecule has 2 aliphatic rings. The molecule has 25 heavy (non-hydrogen) atoms. The summed E-state index contributed by atoms with van der Waals surface area (Å²) in [7, 11) is 0. The molecule has 2 aliphatic heterocycles. The van der Waals surface area contributed by atoms with Gasteiger partial charge in [0.1, 0.15) is 18.8 Å². The molecular formula is C18H24O7. The van der Waals surface area contributed by atoms with Crippen LogP contribution in [-0.4, -0.2) is 54.2 Å². The molecule has 0 amide bonds. The maximum absolute atomic E-state index is 11.2. The minimum atomic E-state index is -1.23. The molecule has 2 heterocycles. The van der Waals surface area contributed by atoms with E-state index in [4.69, 9.17) is 23.7 Å². The zero-order valence-electron chi connectivity index (χ0n) is 14.6. The highest BCUT2D eigenvalue weighted by atomic mass is 16.8. The second kappa shape index (κ2) is 7.01. The first-order chi connectivity index (χ1) is 11.9. The van der Waals surface area contributed by atoms with Crippen LogP contribution in [0.3, 0.4) is 0 Å². The lowest BCUT2D eigenvalue weighted by atomic mass is 9.96. The molecule has 1 aromatic rings. The van der Waals surface area contributed by atoms with Crippen LogP contribution < -0.4 is 0 Å². The van der Waals surface area contributed by atoms with Crippen LogP contribution in [0.5, 0.6) is 0 Å². The van der Waals surface area contributed by atoms with Gasteiger partial charge in [-0.1, -0.05) is 30.3 Å². The molecule has 0 aromatic heterocycles. The van der Waals surface area contributed by atoms with Gasteiger partial charge in [0.25, 0.3) is 0 Å². The number of fused-ring (bicyclic) bond motifs is 1. The lowest BCUT2D eigenvalue weighted by Crippen LogP contribution is -2.52. The molecular weight excluding hydrogens is 328 g/mol. The van der Waals surface area contributed by atoms with Crippen molar-refractivity contribution in [3.05, 3.63) is 35.9 Å². The first-order valence-corrected chi connectivity index (χ1v) is 8.28. The summed E-state index contributed by atoms with van der Waals surface area (Å²) in [6, 6.07) is 9.64. The van der Waals surface area contributed by atoms with Gasteiger partial charge >= 0.3 is 5.97 Å². The van der Waals surface area contributed by atoms with Crippen molar-refractivity contribution in [1.82, 2.24) is 0 Å². The molecule has 7 heteroatoms. The predicted octanol–water partition coefficient (Wildman–Crippen LogP) is 1.37. The summed E-state index contributed by atoms with van der Waals surface area (Å²) in [4.78, 5) is 11.2. The van der Waals surface area contributed by atoms with Crippen molar-refractivity contribution in [3.63, 3.8) is 0 Å². The molecule has 0 spiro atoms. The number of carbonyl (C=O) groups excluding carboxylic acids is 1. The summed E-state index contributed by atoms with van der Waals surface area (Å²) in [6.07, 6.45) is -1.87. The third-order valence-electron chi connectivity index (χ3n) is 4.32. The van der Waals surface area contributed by atoms with Crippen LogP contribution in [0.25, 0.3) is 0 Å². The number of aliphatic hydroxyl groups is 1. The predicted molar refractivity (Wildman–Crippen MR) is 86.4 cm³/mol. The van der Waals surface area contributed by atoms with Gasteiger partial charge in [-0.15, -0.1) is 0 Å². The van der Waals surface area contributed by atoms with E-state index in [-0.39, 0.29) is 13.2 Å². The van der Waals surface area contributed by atoms with Crippen molar-refractivity contribution >= 4 is 5.97 Å². The molecule has 0 unspecified atom stereocenters. The number of benzene rings is 1.